The first-order chi connectivity index (χ1) is 16.3. The fraction of sp³-hybridized carbons (Fsp3) is 0.750. The Morgan fingerprint density at radius 2 is 1.82 bits per heavy atom. The van der Waals surface area contributed by atoms with E-state index in [4.69, 9.17) is 4.74 Å². The van der Waals surface area contributed by atoms with Gasteiger partial charge in [0.2, 0.25) is 0 Å². The highest BCUT2D eigenvalue weighted by molar-refractivity contribution is 5.82. The highest BCUT2D eigenvalue weighted by Crippen LogP contribution is 2.64. The number of Topliss-reactive ketones (excluding diaryl/α,β-unsaturated/α-hetero) is 1. The molecule has 6 heteroatoms. The van der Waals surface area contributed by atoms with Crippen molar-refractivity contribution in [1.82, 2.24) is 15.0 Å². The number of ether oxygens (including phenoxy) is 1. The third kappa shape index (κ3) is 3.59. The van der Waals surface area contributed by atoms with Crippen LogP contribution in [0.4, 0.5) is 0 Å². The zero-order valence-corrected chi connectivity index (χ0v) is 20.9. The van der Waals surface area contributed by atoms with E-state index in [0.717, 1.165) is 53.8 Å². The summed E-state index contributed by atoms with van der Waals surface area (Å²) in [6.07, 6.45) is 10.3. The Bertz CT molecular complexity index is 1090. The lowest BCUT2D eigenvalue weighted by Crippen LogP contribution is -2.51. The first-order valence-corrected chi connectivity index (χ1v) is 13.4. The molecule has 6 rings (SSSR count). The molecule has 1 aromatic heterocycles. The molecule has 0 aliphatic heterocycles. The van der Waals surface area contributed by atoms with Crippen LogP contribution in [0.2, 0.25) is 0 Å². The van der Waals surface area contributed by atoms with E-state index < -0.39 is 5.60 Å². The summed E-state index contributed by atoms with van der Waals surface area (Å²) < 4.78 is 5.30. The molecule has 2 aromatic rings. The van der Waals surface area contributed by atoms with Gasteiger partial charge in [-0.1, -0.05) is 6.92 Å². The lowest BCUT2D eigenvalue weighted by molar-refractivity contribution is -0.133. The number of aromatic nitrogens is 3. The van der Waals surface area contributed by atoms with Gasteiger partial charge in [0.15, 0.2) is 5.78 Å². The minimum atomic E-state index is -0.460. The molecule has 0 radical (unpaired) electrons. The predicted octanol–water partition coefficient (Wildman–Crippen LogP) is 5.03. The molecule has 1 N–H and O–H groups in total. The van der Waals surface area contributed by atoms with E-state index in [2.05, 4.69) is 17.1 Å². The number of aliphatic hydroxyl groups is 1. The van der Waals surface area contributed by atoms with Gasteiger partial charge >= 0.3 is 0 Å². The standard InChI is InChI=1S/C28H39N3O3/c1-27(33)12-10-19-17(15-27)4-6-21-20(19)11-13-28(2)22(21)7-8-23(28)26(32)16-31-29-24-9-5-18(34-3)14-25(24)30-31/h5,9,14,17,19-23,33H,4,6-8,10-13,15-16H2,1-3H3. The van der Waals surface area contributed by atoms with Crippen LogP contribution in [-0.4, -0.2) is 38.6 Å². The molecule has 0 spiro atoms. The Kier molecular flexibility index (Phi) is 5.32. The molecular formula is C28H39N3O3. The number of fused-ring (bicyclic) bond motifs is 6. The van der Waals surface area contributed by atoms with Gasteiger partial charge < -0.3 is 9.84 Å². The van der Waals surface area contributed by atoms with E-state index in [-0.39, 0.29) is 17.9 Å². The predicted molar refractivity (Wildman–Crippen MR) is 130 cm³/mol. The minimum absolute atomic E-state index is 0.112. The van der Waals surface area contributed by atoms with Gasteiger partial charge in [0, 0.05) is 12.0 Å². The number of nitrogens with zero attached hydrogens (tertiary/aromatic N) is 3. The Morgan fingerprint density at radius 3 is 2.65 bits per heavy atom. The van der Waals surface area contributed by atoms with Crippen molar-refractivity contribution >= 4 is 16.8 Å². The van der Waals surface area contributed by atoms with Crippen LogP contribution in [0.25, 0.3) is 11.0 Å². The largest absolute Gasteiger partial charge is 0.497 e. The quantitative estimate of drug-likeness (QED) is 0.685. The summed E-state index contributed by atoms with van der Waals surface area (Å²) in [6, 6.07) is 5.65. The Labute approximate surface area is 202 Å². The van der Waals surface area contributed by atoms with Crippen LogP contribution in [0.5, 0.6) is 5.75 Å². The first kappa shape index (κ1) is 22.5. The van der Waals surface area contributed by atoms with Crippen LogP contribution in [-0.2, 0) is 11.3 Å². The van der Waals surface area contributed by atoms with Gasteiger partial charge in [-0.25, -0.2) is 0 Å². The Hall–Kier alpha value is -1.95. The molecule has 4 aliphatic rings. The molecule has 184 valence electrons. The van der Waals surface area contributed by atoms with Crippen molar-refractivity contribution in [2.24, 2.45) is 40.9 Å². The van der Waals surface area contributed by atoms with E-state index in [1.54, 1.807) is 11.9 Å². The second kappa shape index (κ2) is 8.04. The first-order valence-electron chi connectivity index (χ1n) is 13.4. The summed E-state index contributed by atoms with van der Waals surface area (Å²) in [5.74, 6) is 4.89. The van der Waals surface area contributed by atoms with Crippen LogP contribution in [0, 0.1) is 40.9 Å². The summed E-state index contributed by atoms with van der Waals surface area (Å²) in [6.45, 7) is 4.71. The normalized spacial score (nSPS) is 41.5. The van der Waals surface area contributed by atoms with Crippen LogP contribution < -0.4 is 4.74 Å². The third-order valence-corrected chi connectivity index (χ3v) is 10.6. The Morgan fingerprint density at radius 1 is 1.03 bits per heavy atom. The molecule has 0 bridgehead atoms. The van der Waals surface area contributed by atoms with E-state index in [1.807, 2.05) is 25.1 Å². The van der Waals surface area contributed by atoms with Crippen LogP contribution >= 0.6 is 0 Å². The number of ketones is 1. The number of rotatable bonds is 4. The second-order valence-electron chi connectivity index (χ2n) is 12.4. The molecule has 4 aliphatic carbocycles. The van der Waals surface area contributed by atoms with Gasteiger partial charge in [0.1, 0.15) is 23.3 Å². The van der Waals surface area contributed by atoms with Crippen molar-refractivity contribution in [1.29, 1.82) is 0 Å². The fourth-order valence-electron chi connectivity index (χ4n) is 9.00. The second-order valence-corrected chi connectivity index (χ2v) is 12.4. The van der Waals surface area contributed by atoms with Crippen molar-refractivity contribution in [2.45, 2.75) is 83.8 Å². The number of methoxy groups -OCH3 is 1. The highest BCUT2D eigenvalue weighted by Gasteiger charge is 2.58. The van der Waals surface area contributed by atoms with E-state index in [9.17, 15) is 9.90 Å². The average Bonchev–Trinajstić information content (AvgIpc) is 3.37. The molecule has 0 saturated heterocycles. The highest BCUT2D eigenvalue weighted by atomic mass is 16.5. The summed E-state index contributed by atoms with van der Waals surface area (Å²) >= 11 is 0. The number of hydrogen-bond acceptors (Lipinski definition) is 5. The molecule has 8 atom stereocenters. The van der Waals surface area contributed by atoms with E-state index in [0.29, 0.717) is 17.6 Å². The lowest BCUT2D eigenvalue weighted by Gasteiger charge is -2.56. The van der Waals surface area contributed by atoms with Crippen molar-refractivity contribution in [3.8, 4) is 5.75 Å². The van der Waals surface area contributed by atoms with Gasteiger partial charge in [-0.05, 0) is 112 Å². The maximum atomic E-state index is 13.6. The molecule has 8 unspecified atom stereocenters. The fourth-order valence-corrected chi connectivity index (χ4v) is 9.00. The van der Waals surface area contributed by atoms with Gasteiger partial charge in [-0.3, -0.25) is 4.79 Å². The average molecular weight is 466 g/mol. The third-order valence-electron chi connectivity index (χ3n) is 10.6. The molecule has 0 amide bonds. The van der Waals surface area contributed by atoms with Gasteiger partial charge in [0.25, 0.3) is 0 Å². The van der Waals surface area contributed by atoms with Crippen molar-refractivity contribution in [3.05, 3.63) is 18.2 Å². The van der Waals surface area contributed by atoms with Gasteiger partial charge in [0.05, 0.1) is 12.7 Å². The molecule has 4 fully saturated rings. The molecule has 6 nitrogen and oxygen atoms in total. The molecule has 1 heterocycles. The summed E-state index contributed by atoms with van der Waals surface area (Å²) in [7, 11) is 1.64. The van der Waals surface area contributed by atoms with Crippen molar-refractivity contribution in [2.75, 3.05) is 7.11 Å². The maximum Gasteiger partial charge on any atom is 0.159 e. The summed E-state index contributed by atoms with van der Waals surface area (Å²) in [5.41, 5.74) is 1.22. The Balaban J connectivity index is 1.17. The zero-order valence-electron chi connectivity index (χ0n) is 20.9. The van der Waals surface area contributed by atoms with Crippen molar-refractivity contribution < 1.29 is 14.6 Å². The monoisotopic (exact) mass is 465 g/mol. The SMILES string of the molecule is COc1ccc2nn(CC(=O)C3CCC4C5CCC6CC(C)(O)CCC6C5CCC34C)nc2c1. The molecule has 4 saturated carbocycles. The summed E-state index contributed by atoms with van der Waals surface area (Å²) in [5, 5.41) is 19.8. The van der Waals surface area contributed by atoms with Crippen LogP contribution in [0.1, 0.15) is 71.6 Å². The summed E-state index contributed by atoms with van der Waals surface area (Å²) in [4.78, 5) is 15.2. The van der Waals surface area contributed by atoms with Gasteiger partial charge in [-0.15, -0.1) is 0 Å². The number of benzene rings is 1. The smallest absolute Gasteiger partial charge is 0.159 e. The minimum Gasteiger partial charge on any atom is -0.497 e. The molecular weight excluding hydrogens is 426 g/mol. The number of carbonyl (C=O) groups is 1. The van der Waals surface area contributed by atoms with Crippen LogP contribution in [0.3, 0.4) is 0 Å². The molecule has 1 aromatic carbocycles. The van der Waals surface area contributed by atoms with E-state index in [1.165, 1.54) is 38.5 Å². The number of hydrogen-bond donors (Lipinski definition) is 1. The lowest BCUT2D eigenvalue weighted by atomic mass is 9.49. The van der Waals surface area contributed by atoms with Gasteiger partial charge in [-0.2, -0.15) is 15.0 Å². The van der Waals surface area contributed by atoms with Crippen LogP contribution in [0.15, 0.2) is 18.2 Å². The zero-order chi connectivity index (χ0) is 23.7. The maximum absolute atomic E-state index is 13.6. The molecule has 34 heavy (non-hydrogen) atoms. The van der Waals surface area contributed by atoms with E-state index >= 15 is 0 Å². The topological polar surface area (TPSA) is 77.2 Å². The van der Waals surface area contributed by atoms with Crippen molar-refractivity contribution in [3.63, 3.8) is 0 Å². The number of carbonyl (C=O) groups excluding carboxylic acids is 1.